The van der Waals surface area contributed by atoms with E-state index in [-0.39, 0.29) is 26.4 Å². The van der Waals surface area contributed by atoms with E-state index in [0.29, 0.717) is 18.1 Å². The maximum absolute atomic E-state index is 11.2. The highest BCUT2D eigenvalue weighted by Gasteiger charge is 2.11. The minimum atomic E-state index is -0.716. The lowest BCUT2D eigenvalue weighted by atomic mass is 10.3. The highest BCUT2D eigenvalue weighted by Crippen LogP contribution is 2.19. The minimum Gasteiger partial charge on any atom is -0.435 e. The first-order valence-electron chi connectivity index (χ1n) is 7.66. The summed E-state index contributed by atoms with van der Waals surface area (Å²) in [4.78, 5) is 24.3. The number of nitrogens with zero attached hydrogens (tertiary/aromatic N) is 1. The van der Waals surface area contributed by atoms with Gasteiger partial charge >= 0.3 is 12.3 Å². The van der Waals surface area contributed by atoms with Crippen LogP contribution in [0.3, 0.4) is 0 Å². The third-order valence-corrected chi connectivity index (χ3v) is 3.10. The summed E-state index contributed by atoms with van der Waals surface area (Å²) in [5, 5.41) is 0.579. The zero-order valence-corrected chi connectivity index (χ0v) is 14.6. The number of hydrogen-bond acceptors (Lipinski definition) is 7. The summed E-state index contributed by atoms with van der Waals surface area (Å²) in [5.74, 6) is 0. The van der Waals surface area contributed by atoms with Gasteiger partial charge in [0, 0.05) is 10.7 Å². The van der Waals surface area contributed by atoms with Crippen LogP contribution in [0.2, 0.25) is 5.02 Å². The Morgan fingerprint density at radius 2 is 1.50 bits per heavy atom. The van der Waals surface area contributed by atoms with Gasteiger partial charge in [-0.25, -0.2) is 9.59 Å². The van der Waals surface area contributed by atoms with Crippen LogP contribution in [0.4, 0.5) is 15.3 Å². The summed E-state index contributed by atoms with van der Waals surface area (Å²) in [5.41, 5.74) is 0.822. The molecule has 1 rings (SSSR count). The SMILES string of the molecule is CCOC(=O)OCCN(CCOC(=O)OCC)c1cccc(Cl)c1. The number of anilines is 1. The van der Waals surface area contributed by atoms with Gasteiger partial charge in [0.05, 0.1) is 26.3 Å². The van der Waals surface area contributed by atoms with E-state index >= 15 is 0 Å². The van der Waals surface area contributed by atoms with Crippen LogP contribution < -0.4 is 4.90 Å². The van der Waals surface area contributed by atoms with E-state index in [1.54, 1.807) is 26.0 Å². The van der Waals surface area contributed by atoms with Gasteiger partial charge in [0.25, 0.3) is 0 Å². The summed E-state index contributed by atoms with van der Waals surface area (Å²) in [6, 6.07) is 7.20. The van der Waals surface area contributed by atoms with E-state index in [0.717, 1.165) is 5.69 Å². The van der Waals surface area contributed by atoms with E-state index in [1.165, 1.54) is 0 Å². The Morgan fingerprint density at radius 1 is 0.958 bits per heavy atom. The van der Waals surface area contributed by atoms with Gasteiger partial charge in [-0.05, 0) is 32.0 Å². The second-order valence-corrected chi connectivity index (χ2v) is 4.97. The maximum Gasteiger partial charge on any atom is 0.508 e. The van der Waals surface area contributed by atoms with Crippen molar-refractivity contribution < 1.29 is 28.5 Å². The van der Waals surface area contributed by atoms with Crippen molar-refractivity contribution in [1.29, 1.82) is 0 Å². The normalized spacial score (nSPS) is 9.96. The fourth-order valence-corrected chi connectivity index (χ4v) is 2.02. The molecule has 0 N–H and O–H groups in total. The highest BCUT2D eigenvalue weighted by molar-refractivity contribution is 6.30. The molecule has 0 spiro atoms. The molecule has 0 heterocycles. The van der Waals surface area contributed by atoms with Gasteiger partial charge in [-0.2, -0.15) is 0 Å². The largest absolute Gasteiger partial charge is 0.508 e. The van der Waals surface area contributed by atoms with Crippen molar-refractivity contribution in [2.24, 2.45) is 0 Å². The molecule has 0 atom stereocenters. The summed E-state index contributed by atoms with van der Waals surface area (Å²) >= 11 is 6.00. The molecule has 0 saturated carbocycles. The molecule has 24 heavy (non-hydrogen) atoms. The molecule has 0 saturated heterocycles. The second-order valence-electron chi connectivity index (χ2n) is 4.53. The Balaban J connectivity index is 2.56. The summed E-state index contributed by atoms with van der Waals surface area (Å²) in [6.07, 6.45) is -1.43. The Bertz CT molecular complexity index is 501. The molecule has 0 radical (unpaired) electrons. The molecule has 0 fully saturated rings. The zero-order valence-electron chi connectivity index (χ0n) is 13.8. The van der Waals surface area contributed by atoms with Crippen LogP contribution in [0.25, 0.3) is 0 Å². The van der Waals surface area contributed by atoms with Crippen LogP contribution in [-0.4, -0.2) is 51.8 Å². The van der Waals surface area contributed by atoms with Gasteiger partial charge in [-0.15, -0.1) is 0 Å². The molecule has 8 heteroatoms. The first kappa shape index (κ1) is 19.9. The molecule has 0 aromatic heterocycles. The quantitative estimate of drug-likeness (QED) is 0.625. The van der Waals surface area contributed by atoms with E-state index in [4.69, 9.17) is 30.5 Å². The number of halogens is 1. The summed E-state index contributed by atoms with van der Waals surface area (Å²) < 4.78 is 19.3. The van der Waals surface area contributed by atoms with E-state index in [1.807, 2.05) is 17.0 Å². The second kappa shape index (κ2) is 11.4. The third kappa shape index (κ3) is 7.92. The minimum absolute atomic E-state index is 0.130. The van der Waals surface area contributed by atoms with Gasteiger partial charge in [-0.1, -0.05) is 17.7 Å². The molecule has 0 aliphatic carbocycles. The van der Waals surface area contributed by atoms with Crippen molar-refractivity contribution in [3.05, 3.63) is 29.3 Å². The molecule has 1 aromatic carbocycles. The van der Waals surface area contributed by atoms with Crippen molar-refractivity contribution in [3.63, 3.8) is 0 Å². The van der Waals surface area contributed by atoms with Crippen molar-refractivity contribution in [3.8, 4) is 0 Å². The first-order valence-corrected chi connectivity index (χ1v) is 8.04. The Hall–Kier alpha value is -2.15. The lowest BCUT2D eigenvalue weighted by molar-refractivity contribution is 0.0583. The van der Waals surface area contributed by atoms with Gasteiger partial charge in [0.1, 0.15) is 13.2 Å². The van der Waals surface area contributed by atoms with Crippen molar-refractivity contribution in [2.45, 2.75) is 13.8 Å². The summed E-state index contributed by atoms with van der Waals surface area (Å²) in [7, 11) is 0. The number of carbonyl (C=O) groups excluding carboxylic acids is 2. The monoisotopic (exact) mass is 359 g/mol. The zero-order chi connectivity index (χ0) is 17.8. The molecule has 134 valence electrons. The van der Waals surface area contributed by atoms with Crippen LogP contribution in [0, 0.1) is 0 Å². The third-order valence-electron chi connectivity index (χ3n) is 2.86. The van der Waals surface area contributed by atoms with Crippen LogP contribution >= 0.6 is 11.6 Å². The van der Waals surface area contributed by atoms with Crippen LogP contribution in [0.1, 0.15) is 13.8 Å². The maximum atomic E-state index is 11.2. The van der Waals surface area contributed by atoms with Crippen molar-refractivity contribution in [1.82, 2.24) is 0 Å². The number of benzene rings is 1. The molecule has 0 aliphatic rings. The lowest BCUT2D eigenvalue weighted by Gasteiger charge is -2.24. The number of carbonyl (C=O) groups is 2. The van der Waals surface area contributed by atoms with Crippen molar-refractivity contribution >= 4 is 29.6 Å². The van der Waals surface area contributed by atoms with E-state index in [9.17, 15) is 9.59 Å². The lowest BCUT2D eigenvalue weighted by Crippen LogP contribution is -2.32. The first-order chi connectivity index (χ1) is 11.6. The molecular formula is C16H22ClNO6. The van der Waals surface area contributed by atoms with E-state index in [2.05, 4.69) is 0 Å². The van der Waals surface area contributed by atoms with Gasteiger partial charge in [-0.3, -0.25) is 0 Å². The fourth-order valence-electron chi connectivity index (χ4n) is 1.84. The smallest absolute Gasteiger partial charge is 0.435 e. The fraction of sp³-hybridized carbons (Fsp3) is 0.500. The number of rotatable bonds is 9. The highest BCUT2D eigenvalue weighted by atomic mass is 35.5. The Labute approximate surface area is 146 Å². The average Bonchev–Trinajstić information content (AvgIpc) is 2.54. The standard InChI is InChI=1S/C16H22ClNO6/c1-3-21-15(19)23-10-8-18(9-11-24-16(20)22-4-2)14-7-5-6-13(17)12-14/h5-7,12H,3-4,8-11H2,1-2H3. The average molecular weight is 360 g/mol. The molecule has 0 unspecified atom stereocenters. The van der Waals surface area contributed by atoms with Crippen LogP contribution in [0.15, 0.2) is 24.3 Å². The molecular weight excluding hydrogens is 338 g/mol. The predicted molar refractivity (Wildman–Crippen MR) is 89.6 cm³/mol. The van der Waals surface area contributed by atoms with Gasteiger partial charge in [0.15, 0.2) is 0 Å². The Morgan fingerprint density at radius 3 is 1.96 bits per heavy atom. The summed E-state index contributed by atoms with van der Waals surface area (Å²) in [6.45, 7) is 4.96. The molecule has 0 amide bonds. The molecule has 0 aliphatic heterocycles. The Kier molecular flexibility index (Phi) is 9.45. The van der Waals surface area contributed by atoms with Crippen molar-refractivity contribution in [2.75, 3.05) is 44.4 Å². The van der Waals surface area contributed by atoms with Gasteiger partial charge in [0.2, 0.25) is 0 Å². The molecule has 1 aromatic rings. The van der Waals surface area contributed by atoms with Crippen LogP contribution in [0.5, 0.6) is 0 Å². The number of hydrogen-bond donors (Lipinski definition) is 0. The predicted octanol–water partition coefficient (Wildman–Crippen LogP) is 3.49. The van der Waals surface area contributed by atoms with E-state index < -0.39 is 12.3 Å². The van der Waals surface area contributed by atoms with Crippen LogP contribution in [-0.2, 0) is 18.9 Å². The molecule has 7 nitrogen and oxygen atoms in total. The van der Waals surface area contributed by atoms with Gasteiger partial charge < -0.3 is 23.8 Å². The molecule has 0 bridgehead atoms. The topological polar surface area (TPSA) is 74.3 Å². The number of ether oxygens (including phenoxy) is 4.